The van der Waals surface area contributed by atoms with Crippen molar-refractivity contribution < 1.29 is 14.3 Å². The van der Waals surface area contributed by atoms with E-state index in [1.54, 1.807) is 25.1 Å². The first-order chi connectivity index (χ1) is 12.6. The van der Waals surface area contributed by atoms with Gasteiger partial charge in [-0.25, -0.2) is 4.79 Å². The average molecular weight is 349 g/mol. The molecule has 0 radical (unpaired) electrons. The monoisotopic (exact) mass is 349 g/mol. The van der Waals surface area contributed by atoms with Gasteiger partial charge < -0.3 is 14.4 Å². The first kappa shape index (κ1) is 19.1. The van der Waals surface area contributed by atoms with E-state index >= 15 is 0 Å². The fraction of sp³-hybridized carbons (Fsp3) is 0.227. The third-order valence-electron chi connectivity index (χ3n) is 3.85. The summed E-state index contributed by atoms with van der Waals surface area (Å²) in [5, 5.41) is 0. The van der Waals surface area contributed by atoms with E-state index in [0.29, 0.717) is 24.5 Å². The van der Waals surface area contributed by atoms with Crippen molar-refractivity contribution in [1.82, 2.24) is 0 Å². The van der Waals surface area contributed by atoms with Crippen LogP contribution in [0.15, 0.2) is 55.1 Å². The van der Waals surface area contributed by atoms with Gasteiger partial charge in [-0.1, -0.05) is 30.2 Å². The number of rotatable bonds is 8. The Balaban J connectivity index is 2.63. The Bertz CT molecular complexity index is 806. The highest BCUT2D eigenvalue weighted by molar-refractivity contribution is 5.94. The van der Waals surface area contributed by atoms with Crippen molar-refractivity contribution in [2.45, 2.75) is 13.8 Å². The highest BCUT2D eigenvalue weighted by Crippen LogP contribution is 2.38. The summed E-state index contributed by atoms with van der Waals surface area (Å²) in [5.74, 6) is 2.73. The number of carbonyl (C=O) groups excluding carboxylic acids is 1. The Labute approximate surface area is 155 Å². The zero-order valence-corrected chi connectivity index (χ0v) is 15.2. The molecule has 0 saturated heterocycles. The van der Waals surface area contributed by atoms with Crippen LogP contribution in [-0.2, 0) is 4.74 Å². The van der Waals surface area contributed by atoms with Crippen molar-refractivity contribution in [2.24, 2.45) is 0 Å². The molecular weight excluding hydrogens is 326 g/mol. The van der Waals surface area contributed by atoms with Crippen LogP contribution in [0.2, 0.25) is 0 Å². The van der Waals surface area contributed by atoms with E-state index in [1.165, 1.54) is 0 Å². The quantitative estimate of drug-likeness (QED) is 0.399. The summed E-state index contributed by atoms with van der Waals surface area (Å²) in [6.07, 6.45) is 7.15. The number of carbonyl (C=O) groups is 1. The van der Waals surface area contributed by atoms with Crippen molar-refractivity contribution in [3.63, 3.8) is 0 Å². The predicted octanol–water partition coefficient (Wildman–Crippen LogP) is 4.51. The van der Waals surface area contributed by atoms with Crippen LogP contribution in [0.3, 0.4) is 0 Å². The molecule has 0 aromatic heterocycles. The number of nitrogens with zero attached hydrogens (tertiary/aromatic N) is 1. The maximum Gasteiger partial charge on any atom is 0.338 e. The van der Waals surface area contributed by atoms with Gasteiger partial charge in [0.05, 0.1) is 17.9 Å². The second-order valence-corrected chi connectivity index (χ2v) is 5.53. The number of hydrogen-bond donors (Lipinski definition) is 0. The maximum atomic E-state index is 12.3. The first-order valence-corrected chi connectivity index (χ1v) is 8.44. The maximum absolute atomic E-state index is 12.3. The Hall–Kier alpha value is -3.19. The average Bonchev–Trinajstić information content (AvgIpc) is 2.66. The lowest BCUT2D eigenvalue weighted by Gasteiger charge is -2.28. The van der Waals surface area contributed by atoms with E-state index < -0.39 is 0 Å². The third kappa shape index (κ3) is 4.25. The summed E-state index contributed by atoms with van der Waals surface area (Å²) < 4.78 is 10.9. The minimum Gasteiger partial charge on any atom is -0.479 e. The van der Waals surface area contributed by atoms with Gasteiger partial charge in [0.1, 0.15) is 12.4 Å². The minimum absolute atomic E-state index is 0.141. The van der Waals surface area contributed by atoms with Crippen molar-refractivity contribution in [2.75, 3.05) is 24.7 Å². The molecule has 0 saturated carbocycles. The lowest BCUT2D eigenvalue weighted by molar-refractivity contribution is 0.0525. The minimum atomic E-state index is -0.360. The number of benzene rings is 2. The van der Waals surface area contributed by atoms with Crippen LogP contribution in [0.1, 0.15) is 22.8 Å². The van der Waals surface area contributed by atoms with E-state index in [0.717, 1.165) is 16.9 Å². The van der Waals surface area contributed by atoms with E-state index in [1.807, 2.05) is 42.2 Å². The standard InChI is InChI=1S/C22H23NO3/c1-5-15-23(18-11-9-8-10-12-18)21-17(4)19(22(24)25-7-3)13-14-20(21)26-16-6-2/h2,5,8-14H,1,7,15-16H2,3-4H3. The molecule has 0 aliphatic heterocycles. The Morgan fingerprint density at radius 3 is 2.62 bits per heavy atom. The van der Waals surface area contributed by atoms with Crippen LogP contribution in [0.4, 0.5) is 11.4 Å². The molecule has 0 fully saturated rings. The second kappa shape index (κ2) is 9.33. The SMILES string of the molecule is C#CCOc1ccc(C(=O)OCC)c(C)c1N(CC=C)c1ccccc1. The number of anilines is 2. The number of hydrogen-bond acceptors (Lipinski definition) is 4. The van der Waals surface area contributed by atoms with Crippen LogP contribution in [0.25, 0.3) is 0 Å². The molecule has 134 valence electrons. The van der Waals surface area contributed by atoms with Gasteiger partial charge in [0, 0.05) is 12.2 Å². The number of esters is 1. The van der Waals surface area contributed by atoms with E-state index in [-0.39, 0.29) is 12.6 Å². The summed E-state index contributed by atoms with van der Waals surface area (Å²) in [6, 6.07) is 13.3. The van der Waals surface area contributed by atoms with Crippen LogP contribution in [-0.4, -0.2) is 25.7 Å². The normalized spacial score (nSPS) is 9.88. The van der Waals surface area contributed by atoms with Gasteiger partial charge in [-0.3, -0.25) is 0 Å². The molecule has 4 nitrogen and oxygen atoms in total. The molecule has 0 heterocycles. The molecule has 26 heavy (non-hydrogen) atoms. The van der Waals surface area contributed by atoms with Gasteiger partial charge >= 0.3 is 5.97 Å². The Morgan fingerprint density at radius 2 is 2.00 bits per heavy atom. The molecule has 0 bridgehead atoms. The third-order valence-corrected chi connectivity index (χ3v) is 3.85. The Kier molecular flexibility index (Phi) is 6.87. The van der Waals surface area contributed by atoms with E-state index in [2.05, 4.69) is 12.5 Å². The molecule has 0 aliphatic rings. The van der Waals surface area contributed by atoms with Gasteiger partial charge in [-0.05, 0) is 43.7 Å². The summed E-state index contributed by atoms with van der Waals surface area (Å²) in [6.45, 7) is 8.52. The highest BCUT2D eigenvalue weighted by Gasteiger charge is 2.22. The van der Waals surface area contributed by atoms with Crippen LogP contribution < -0.4 is 9.64 Å². The molecular formula is C22H23NO3. The summed E-state index contributed by atoms with van der Waals surface area (Å²) >= 11 is 0. The molecule has 2 aromatic carbocycles. The zero-order chi connectivity index (χ0) is 18.9. The predicted molar refractivity (Wildman–Crippen MR) is 105 cm³/mol. The summed E-state index contributed by atoms with van der Waals surface area (Å²) in [4.78, 5) is 14.4. The molecule has 4 heteroatoms. The van der Waals surface area contributed by atoms with Gasteiger partial charge in [-0.2, -0.15) is 0 Å². The van der Waals surface area contributed by atoms with Crippen LogP contribution in [0.5, 0.6) is 5.75 Å². The van der Waals surface area contributed by atoms with Gasteiger partial charge in [0.2, 0.25) is 0 Å². The lowest BCUT2D eigenvalue weighted by Crippen LogP contribution is -2.20. The summed E-state index contributed by atoms with van der Waals surface area (Å²) in [5.41, 5.74) is 3.00. The fourth-order valence-electron chi connectivity index (χ4n) is 2.74. The lowest BCUT2D eigenvalue weighted by atomic mass is 10.0. The first-order valence-electron chi connectivity index (χ1n) is 8.44. The smallest absolute Gasteiger partial charge is 0.338 e. The molecule has 2 rings (SSSR count). The topological polar surface area (TPSA) is 38.8 Å². The number of para-hydroxylation sites is 1. The molecule has 0 N–H and O–H groups in total. The van der Waals surface area contributed by atoms with Crippen LogP contribution >= 0.6 is 0 Å². The molecule has 0 spiro atoms. The Morgan fingerprint density at radius 1 is 1.27 bits per heavy atom. The summed E-state index contributed by atoms with van der Waals surface area (Å²) in [7, 11) is 0. The molecule has 2 aromatic rings. The van der Waals surface area contributed by atoms with Crippen molar-refractivity contribution in [3.05, 3.63) is 66.2 Å². The fourth-order valence-corrected chi connectivity index (χ4v) is 2.74. The highest BCUT2D eigenvalue weighted by atomic mass is 16.5. The largest absolute Gasteiger partial charge is 0.479 e. The van der Waals surface area contributed by atoms with Crippen molar-refractivity contribution >= 4 is 17.3 Å². The second-order valence-electron chi connectivity index (χ2n) is 5.53. The molecule has 0 atom stereocenters. The zero-order valence-electron chi connectivity index (χ0n) is 15.2. The number of terminal acetylenes is 1. The molecule has 0 amide bonds. The molecule has 0 aliphatic carbocycles. The molecule has 0 unspecified atom stereocenters. The van der Waals surface area contributed by atoms with E-state index in [4.69, 9.17) is 15.9 Å². The van der Waals surface area contributed by atoms with Gasteiger partial charge in [0.25, 0.3) is 0 Å². The van der Waals surface area contributed by atoms with Gasteiger partial charge in [0.15, 0.2) is 0 Å². The van der Waals surface area contributed by atoms with Crippen molar-refractivity contribution in [3.8, 4) is 18.1 Å². The van der Waals surface area contributed by atoms with Gasteiger partial charge in [-0.15, -0.1) is 13.0 Å². The number of ether oxygens (including phenoxy) is 2. The van der Waals surface area contributed by atoms with Crippen molar-refractivity contribution in [1.29, 1.82) is 0 Å². The van der Waals surface area contributed by atoms with E-state index in [9.17, 15) is 4.79 Å². The van der Waals surface area contributed by atoms with Crippen LogP contribution in [0, 0.1) is 19.3 Å².